The highest BCUT2D eigenvalue weighted by Crippen LogP contribution is 2.28. The van der Waals surface area contributed by atoms with Crippen LogP contribution in [0.1, 0.15) is 40.6 Å². The Balaban J connectivity index is 0.000000208. The largest absolute Gasteiger partial charge is 0.354 e. The van der Waals surface area contributed by atoms with Crippen LogP contribution < -0.4 is 16.0 Å². The Morgan fingerprint density at radius 1 is 0.814 bits per heavy atom. The lowest BCUT2D eigenvalue weighted by molar-refractivity contribution is 0.270. The maximum atomic E-state index is 11.6. The summed E-state index contributed by atoms with van der Waals surface area (Å²) in [4.78, 5) is 50.5. The number of pyridine rings is 2. The molecule has 0 spiro atoms. The lowest BCUT2D eigenvalue weighted by Gasteiger charge is -2.35. The van der Waals surface area contributed by atoms with Gasteiger partial charge in [0.2, 0.25) is 0 Å². The fraction of sp³-hybridized carbons (Fsp3) is 0.400. The lowest BCUT2D eigenvalue weighted by Crippen LogP contribution is -2.46. The molecule has 10 nitrogen and oxygen atoms in total. The average molecular weight is 641 g/mol. The minimum atomic E-state index is -0.125. The highest BCUT2D eigenvalue weighted by atomic mass is 35.5. The number of aryl methyl sites for hydroxylation is 4. The summed E-state index contributed by atoms with van der Waals surface area (Å²) < 4.78 is 0. The molecule has 228 valence electrons. The van der Waals surface area contributed by atoms with Gasteiger partial charge in [0.25, 0.3) is 11.1 Å². The van der Waals surface area contributed by atoms with Gasteiger partial charge in [0.05, 0.1) is 0 Å². The molecule has 0 unspecified atom stereocenters. The third-order valence-electron chi connectivity index (χ3n) is 6.94. The molecular formula is C30H37ClN8O2S2. The van der Waals surface area contributed by atoms with Gasteiger partial charge in [-0.15, -0.1) is 0 Å². The molecule has 0 saturated carbocycles. The Labute approximate surface area is 265 Å². The molecule has 13 heteroatoms. The average Bonchev–Trinajstić information content (AvgIpc) is 2.96. The molecule has 1 aliphatic heterocycles. The molecule has 1 fully saturated rings. The molecule has 1 aliphatic rings. The van der Waals surface area contributed by atoms with E-state index in [9.17, 15) is 9.59 Å². The summed E-state index contributed by atoms with van der Waals surface area (Å²) in [5, 5.41) is 1.79. The van der Waals surface area contributed by atoms with E-state index in [0.29, 0.717) is 21.2 Å². The number of thioether (sulfide) groups is 2. The van der Waals surface area contributed by atoms with Crippen LogP contribution >= 0.6 is 35.1 Å². The molecule has 1 saturated heterocycles. The quantitative estimate of drug-likeness (QED) is 0.155. The summed E-state index contributed by atoms with van der Waals surface area (Å²) in [6.07, 6.45) is 3.71. The second kappa shape index (κ2) is 15.5. The molecule has 0 radical (unpaired) electrons. The molecule has 0 atom stereocenters. The van der Waals surface area contributed by atoms with Crippen LogP contribution in [0.5, 0.6) is 0 Å². The number of likely N-dealkylation sites (N-methyl/N-ethyl adjacent to an activating group) is 1. The predicted octanol–water partition coefficient (Wildman–Crippen LogP) is 4.94. The van der Waals surface area contributed by atoms with Crippen molar-refractivity contribution in [3.8, 4) is 0 Å². The third-order valence-corrected chi connectivity index (χ3v) is 8.98. The summed E-state index contributed by atoms with van der Waals surface area (Å²) in [6.45, 7) is 14.9. The van der Waals surface area contributed by atoms with Gasteiger partial charge < -0.3 is 19.8 Å². The standard InChI is InChI=1S/C17H22ClN5OS.C13H15N3OS/c1-3-22-6-8-23(9-7-22)16-13(4-5-14(18)20-16)11-25-17-19-12(2)10-15(24)21-17;1-8-5-14-6-9(2)11(8)7-18-13-15-10(3)4-12(17)16-13/h4-5,10H,3,6-9,11H2,1-2H3,(H,19,21,24);4-6H,7H2,1-3H3,(H,15,16,17). The van der Waals surface area contributed by atoms with Gasteiger partial charge in [-0.25, -0.2) is 15.0 Å². The fourth-order valence-corrected chi connectivity index (χ4v) is 6.76. The van der Waals surface area contributed by atoms with Crippen molar-refractivity contribution < 1.29 is 0 Å². The number of hydrogen-bond acceptors (Lipinski definition) is 10. The van der Waals surface area contributed by atoms with Crippen LogP contribution in [0.2, 0.25) is 5.15 Å². The Kier molecular flexibility index (Phi) is 11.8. The van der Waals surface area contributed by atoms with Crippen molar-refractivity contribution in [2.24, 2.45) is 0 Å². The first-order chi connectivity index (χ1) is 20.6. The van der Waals surface area contributed by atoms with E-state index in [1.165, 1.54) is 41.2 Å². The van der Waals surface area contributed by atoms with Gasteiger partial charge in [-0.05, 0) is 57.0 Å². The fourth-order valence-electron chi connectivity index (χ4n) is 4.60. The minimum absolute atomic E-state index is 0.104. The Bertz CT molecular complexity index is 1630. The van der Waals surface area contributed by atoms with Gasteiger partial charge in [-0.3, -0.25) is 14.6 Å². The number of anilines is 1. The van der Waals surface area contributed by atoms with Crippen LogP contribution in [-0.4, -0.2) is 67.5 Å². The Hall–Kier alpha value is -3.19. The monoisotopic (exact) mass is 640 g/mol. The maximum absolute atomic E-state index is 11.6. The number of rotatable bonds is 8. The highest BCUT2D eigenvalue weighted by Gasteiger charge is 2.20. The number of aromatic amines is 2. The van der Waals surface area contributed by atoms with Crippen molar-refractivity contribution in [1.82, 2.24) is 34.8 Å². The summed E-state index contributed by atoms with van der Waals surface area (Å²) >= 11 is 9.18. The zero-order valence-electron chi connectivity index (χ0n) is 25.1. The Morgan fingerprint density at radius 2 is 1.37 bits per heavy atom. The molecule has 5 heterocycles. The van der Waals surface area contributed by atoms with E-state index in [-0.39, 0.29) is 11.1 Å². The number of aromatic nitrogens is 6. The number of halogens is 1. The Morgan fingerprint density at radius 3 is 1.91 bits per heavy atom. The number of piperazine rings is 1. The predicted molar refractivity (Wildman–Crippen MR) is 176 cm³/mol. The van der Waals surface area contributed by atoms with Crippen LogP contribution in [0, 0.1) is 27.7 Å². The normalized spacial score (nSPS) is 13.5. The second-order valence-corrected chi connectivity index (χ2v) is 12.6. The van der Waals surface area contributed by atoms with Crippen LogP contribution in [0.4, 0.5) is 5.82 Å². The zero-order chi connectivity index (χ0) is 30.9. The summed E-state index contributed by atoms with van der Waals surface area (Å²) in [7, 11) is 0. The van der Waals surface area contributed by atoms with E-state index in [2.05, 4.69) is 46.6 Å². The van der Waals surface area contributed by atoms with E-state index < -0.39 is 0 Å². The molecule has 0 bridgehead atoms. The smallest absolute Gasteiger partial charge is 0.251 e. The molecule has 4 aromatic rings. The minimum Gasteiger partial charge on any atom is -0.354 e. The summed E-state index contributed by atoms with van der Waals surface area (Å²) in [5.74, 6) is 2.40. The van der Waals surface area contributed by atoms with Crippen molar-refractivity contribution >= 4 is 40.9 Å². The van der Waals surface area contributed by atoms with E-state index in [1.54, 1.807) is 0 Å². The number of nitrogens with zero attached hydrogens (tertiary/aromatic N) is 6. The van der Waals surface area contributed by atoms with Gasteiger partial charge in [-0.2, -0.15) is 0 Å². The van der Waals surface area contributed by atoms with Crippen molar-refractivity contribution in [3.63, 3.8) is 0 Å². The second-order valence-electron chi connectivity index (χ2n) is 10.3. The first-order valence-corrected chi connectivity index (χ1v) is 16.4. The molecular weight excluding hydrogens is 604 g/mol. The van der Waals surface area contributed by atoms with E-state index >= 15 is 0 Å². The molecule has 0 aliphatic carbocycles. The molecule has 2 N–H and O–H groups in total. The van der Waals surface area contributed by atoms with Crippen LogP contribution in [0.3, 0.4) is 0 Å². The highest BCUT2D eigenvalue weighted by molar-refractivity contribution is 7.98. The first-order valence-electron chi connectivity index (χ1n) is 14.1. The van der Waals surface area contributed by atoms with E-state index in [0.717, 1.165) is 72.4 Å². The van der Waals surface area contributed by atoms with Gasteiger partial charge in [0.15, 0.2) is 10.3 Å². The summed E-state index contributed by atoms with van der Waals surface area (Å²) in [6, 6.07) is 6.81. The number of H-pyrrole nitrogens is 2. The van der Waals surface area contributed by atoms with Gasteiger partial charge in [-0.1, -0.05) is 48.1 Å². The molecule has 4 aromatic heterocycles. The van der Waals surface area contributed by atoms with Crippen molar-refractivity contribution in [2.75, 3.05) is 37.6 Å². The van der Waals surface area contributed by atoms with Crippen LogP contribution in [-0.2, 0) is 11.5 Å². The third kappa shape index (κ3) is 9.65. The maximum Gasteiger partial charge on any atom is 0.251 e. The number of nitrogens with one attached hydrogen (secondary N) is 2. The molecule has 5 rings (SSSR count). The lowest BCUT2D eigenvalue weighted by atomic mass is 10.1. The van der Waals surface area contributed by atoms with E-state index in [4.69, 9.17) is 11.6 Å². The molecule has 0 aromatic carbocycles. The first kappa shape index (κ1) is 32.7. The molecule has 43 heavy (non-hydrogen) atoms. The molecule has 0 amide bonds. The zero-order valence-corrected chi connectivity index (χ0v) is 27.5. The van der Waals surface area contributed by atoms with E-state index in [1.807, 2.05) is 52.2 Å². The number of hydrogen-bond donors (Lipinski definition) is 2. The van der Waals surface area contributed by atoms with Crippen molar-refractivity contribution in [1.29, 1.82) is 0 Å². The van der Waals surface area contributed by atoms with Gasteiger partial charge in [0.1, 0.15) is 11.0 Å². The van der Waals surface area contributed by atoms with Gasteiger partial charge in [0, 0.05) is 79.2 Å². The summed E-state index contributed by atoms with van der Waals surface area (Å²) in [5.41, 5.74) is 5.91. The SMILES string of the molecule is CCN1CCN(c2nc(Cl)ccc2CSc2nc(C)cc(=O)[nH]2)CC1.Cc1cc(=O)[nH]c(SCc2c(C)cncc2C)n1. The van der Waals surface area contributed by atoms with Crippen LogP contribution in [0.15, 0.2) is 56.6 Å². The topological polar surface area (TPSA) is 124 Å². The van der Waals surface area contributed by atoms with Crippen LogP contribution in [0.25, 0.3) is 0 Å². The van der Waals surface area contributed by atoms with Gasteiger partial charge >= 0.3 is 0 Å². The van der Waals surface area contributed by atoms with Crippen molar-refractivity contribution in [3.05, 3.63) is 96.2 Å². The van der Waals surface area contributed by atoms with Crippen molar-refractivity contribution in [2.45, 2.75) is 56.4 Å².